The molecule has 1 aromatic carbocycles. The van der Waals surface area contributed by atoms with Gasteiger partial charge in [-0.3, -0.25) is 4.79 Å². The van der Waals surface area contributed by atoms with E-state index in [0.29, 0.717) is 17.2 Å². The third-order valence-electron chi connectivity index (χ3n) is 4.12. The molecule has 2 aromatic rings. The number of benzene rings is 1. The van der Waals surface area contributed by atoms with Gasteiger partial charge in [-0.1, -0.05) is 37.1 Å². The van der Waals surface area contributed by atoms with Crippen molar-refractivity contribution in [2.45, 2.75) is 42.7 Å². The second kappa shape index (κ2) is 8.94. The van der Waals surface area contributed by atoms with Gasteiger partial charge in [-0.2, -0.15) is 0 Å². The van der Waals surface area contributed by atoms with Crippen LogP contribution in [0.2, 0.25) is 5.02 Å². The van der Waals surface area contributed by atoms with Crippen molar-refractivity contribution in [3.8, 4) is 0 Å². The molecule has 4 nitrogen and oxygen atoms in total. The monoisotopic (exact) mass is 399 g/mol. The molecule has 1 heterocycles. The zero-order chi connectivity index (χ0) is 18.4. The summed E-state index contributed by atoms with van der Waals surface area (Å²) in [4.78, 5) is 12.7. The summed E-state index contributed by atoms with van der Waals surface area (Å²) in [6.45, 7) is 2.17. The van der Waals surface area contributed by atoms with Gasteiger partial charge >= 0.3 is 0 Å². The van der Waals surface area contributed by atoms with E-state index in [1.165, 1.54) is 18.7 Å². The fourth-order valence-electron chi connectivity index (χ4n) is 2.53. The summed E-state index contributed by atoms with van der Waals surface area (Å²) < 4.78 is 25.8. The van der Waals surface area contributed by atoms with Crippen molar-refractivity contribution < 1.29 is 13.2 Å². The highest BCUT2D eigenvalue weighted by Gasteiger charge is 2.17. The number of rotatable bonds is 9. The molecule has 0 fully saturated rings. The number of hydrogen-bond donors (Lipinski definition) is 1. The van der Waals surface area contributed by atoms with E-state index >= 15 is 0 Å². The number of halogens is 1. The maximum Gasteiger partial charge on any atom is 0.249 e. The number of hydrogen-bond acceptors (Lipinski definition) is 4. The molecule has 0 saturated heterocycles. The first kappa shape index (κ1) is 20.1. The summed E-state index contributed by atoms with van der Waals surface area (Å²) in [5.41, 5.74) is 1.25. The zero-order valence-corrected chi connectivity index (χ0v) is 16.7. The number of unbranched alkanes of at least 4 members (excludes halogenated alkanes) is 1. The van der Waals surface area contributed by atoms with Crippen molar-refractivity contribution in [3.63, 3.8) is 0 Å². The summed E-state index contributed by atoms with van der Waals surface area (Å²) in [5, 5.41) is 0.733. The standard InChI is InChI=1S/C18H22ClNO3S2/c1-13(14-7-9-15(19)10-8-14)5-3-4-6-16(21)17-11-12-18(24-17)25(22,23)20-2/h7-13,20H,3-6H2,1-2H3/t13-/m0/s1. The Morgan fingerprint density at radius 3 is 2.48 bits per heavy atom. The van der Waals surface area contributed by atoms with Crippen LogP contribution in [0.5, 0.6) is 0 Å². The van der Waals surface area contributed by atoms with Gasteiger partial charge in [0.1, 0.15) is 4.21 Å². The highest BCUT2D eigenvalue weighted by Crippen LogP contribution is 2.25. The average molecular weight is 400 g/mol. The lowest BCUT2D eigenvalue weighted by Gasteiger charge is -2.11. The number of ketones is 1. The van der Waals surface area contributed by atoms with Crippen LogP contribution < -0.4 is 4.72 Å². The van der Waals surface area contributed by atoms with Gasteiger partial charge in [0.05, 0.1) is 4.88 Å². The van der Waals surface area contributed by atoms with Gasteiger partial charge in [0, 0.05) is 11.4 Å². The minimum atomic E-state index is -3.47. The predicted octanol–water partition coefficient (Wildman–Crippen LogP) is 4.86. The molecule has 0 radical (unpaired) electrons. The van der Waals surface area contributed by atoms with Crippen LogP contribution in [0.15, 0.2) is 40.6 Å². The van der Waals surface area contributed by atoms with Crippen LogP contribution in [0.25, 0.3) is 0 Å². The van der Waals surface area contributed by atoms with E-state index in [4.69, 9.17) is 11.6 Å². The Morgan fingerprint density at radius 1 is 1.16 bits per heavy atom. The largest absolute Gasteiger partial charge is 0.293 e. The lowest BCUT2D eigenvalue weighted by Crippen LogP contribution is -2.17. The fourth-order valence-corrected chi connectivity index (χ4v) is 4.77. The van der Waals surface area contributed by atoms with Gasteiger partial charge in [-0.25, -0.2) is 13.1 Å². The van der Waals surface area contributed by atoms with Crippen molar-refractivity contribution in [2.24, 2.45) is 0 Å². The molecule has 1 aromatic heterocycles. The Hall–Kier alpha value is -1.21. The maximum atomic E-state index is 12.2. The van der Waals surface area contributed by atoms with Crippen LogP contribution in [0, 0.1) is 0 Å². The van der Waals surface area contributed by atoms with Gasteiger partial charge < -0.3 is 0 Å². The van der Waals surface area contributed by atoms with E-state index in [9.17, 15) is 13.2 Å². The molecule has 0 unspecified atom stereocenters. The van der Waals surface area contributed by atoms with Gasteiger partial charge in [0.15, 0.2) is 5.78 Å². The Balaban J connectivity index is 1.80. The summed E-state index contributed by atoms with van der Waals surface area (Å²) >= 11 is 6.92. The van der Waals surface area contributed by atoms with Crippen LogP contribution >= 0.6 is 22.9 Å². The summed E-state index contributed by atoms with van der Waals surface area (Å²) in [7, 11) is -2.11. The molecule has 1 atom stereocenters. The molecule has 0 spiro atoms. The molecule has 0 aliphatic carbocycles. The predicted molar refractivity (Wildman–Crippen MR) is 103 cm³/mol. The molecule has 0 bridgehead atoms. The molecular weight excluding hydrogens is 378 g/mol. The number of carbonyl (C=O) groups excluding carboxylic acids is 1. The molecule has 2 rings (SSSR count). The molecule has 7 heteroatoms. The number of carbonyl (C=O) groups is 1. The first-order valence-corrected chi connectivity index (χ1v) is 10.8. The van der Waals surface area contributed by atoms with Crippen molar-refractivity contribution in [1.29, 1.82) is 0 Å². The minimum Gasteiger partial charge on any atom is -0.293 e. The number of Topliss-reactive ketones (excluding diaryl/α,β-unsaturated/α-hetero) is 1. The normalized spacial score (nSPS) is 12.9. The van der Waals surface area contributed by atoms with Crippen LogP contribution in [0.1, 0.15) is 53.8 Å². The number of sulfonamides is 1. The van der Waals surface area contributed by atoms with Gasteiger partial charge in [-0.15, -0.1) is 11.3 Å². The van der Waals surface area contributed by atoms with E-state index in [-0.39, 0.29) is 9.99 Å². The molecule has 136 valence electrons. The van der Waals surface area contributed by atoms with E-state index in [2.05, 4.69) is 11.6 Å². The van der Waals surface area contributed by atoms with Crippen LogP contribution in [-0.2, 0) is 10.0 Å². The van der Waals surface area contributed by atoms with Crippen molar-refractivity contribution >= 4 is 38.7 Å². The number of thiophene rings is 1. The SMILES string of the molecule is CNS(=O)(=O)c1ccc(C(=O)CCCC[C@H](C)c2ccc(Cl)cc2)s1. The lowest BCUT2D eigenvalue weighted by molar-refractivity contribution is 0.0983. The van der Waals surface area contributed by atoms with E-state index < -0.39 is 10.0 Å². The zero-order valence-electron chi connectivity index (χ0n) is 14.3. The Morgan fingerprint density at radius 2 is 1.84 bits per heavy atom. The highest BCUT2D eigenvalue weighted by molar-refractivity contribution is 7.91. The Kier molecular flexibility index (Phi) is 7.19. The third kappa shape index (κ3) is 5.64. The maximum absolute atomic E-state index is 12.2. The molecule has 0 saturated carbocycles. The van der Waals surface area contributed by atoms with Crippen molar-refractivity contribution in [2.75, 3.05) is 7.05 Å². The summed E-state index contributed by atoms with van der Waals surface area (Å²) in [5.74, 6) is 0.420. The fraction of sp³-hybridized carbons (Fsp3) is 0.389. The van der Waals surface area contributed by atoms with Crippen molar-refractivity contribution in [3.05, 3.63) is 51.9 Å². The smallest absolute Gasteiger partial charge is 0.249 e. The Bertz CT molecular complexity index is 813. The quantitative estimate of drug-likeness (QED) is 0.484. The Labute approximate surface area is 158 Å². The topological polar surface area (TPSA) is 63.2 Å². The highest BCUT2D eigenvalue weighted by atomic mass is 35.5. The van der Waals surface area contributed by atoms with E-state index in [1.807, 2.05) is 24.3 Å². The van der Waals surface area contributed by atoms with Crippen LogP contribution in [0.4, 0.5) is 0 Å². The third-order valence-corrected chi connectivity index (χ3v) is 7.40. The van der Waals surface area contributed by atoms with Crippen LogP contribution in [-0.4, -0.2) is 21.2 Å². The van der Waals surface area contributed by atoms with Crippen molar-refractivity contribution in [1.82, 2.24) is 4.72 Å². The van der Waals surface area contributed by atoms with Gasteiger partial charge in [0.2, 0.25) is 10.0 Å². The second-order valence-electron chi connectivity index (χ2n) is 5.95. The molecule has 0 aliphatic rings. The lowest BCUT2D eigenvalue weighted by atomic mass is 9.95. The summed E-state index contributed by atoms with van der Waals surface area (Å²) in [6, 6.07) is 10.9. The molecule has 1 N–H and O–H groups in total. The average Bonchev–Trinajstić information content (AvgIpc) is 3.10. The molecule has 0 amide bonds. The minimum absolute atomic E-state index is 0.00157. The first-order valence-electron chi connectivity index (χ1n) is 8.15. The van der Waals surface area contributed by atoms with E-state index in [0.717, 1.165) is 35.6 Å². The van der Waals surface area contributed by atoms with Crippen LogP contribution in [0.3, 0.4) is 0 Å². The van der Waals surface area contributed by atoms with Gasteiger partial charge in [0.25, 0.3) is 0 Å². The number of nitrogens with one attached hydrogen (secondary N) is 1. The second-order valence-corrected chi connectivity index (χ2v) is 9.58. The molecule has 25 heavy (non-hydrogen) atoms. The molecular formula is C18H22ClNO3S2. The summed E-state index contributed by atoms with van der Waals surface area (Å²) in [6.07, 6.45) is 3.18. The van der Waals surface area contributed by atoms with Gasteiger partial charge in [-0.05, 0) is 55.6 Å². The molecule has 0 aliphatic heterocycles. The first-order chi connectivity index (χ1) is 11.8. The van der Waals surface area contributed by atoms with E-state index in [1.54, 1.807) is 6.07 Å².